The molecule has 0 aromatic heterocycles. The smallest absolute Gasteiger partial charge is 0.305 e. The molecule has 6 heteroatoms. The van der Waals surface area contributed by atoms with Crippen LogP contribution < -0.4 is 5.32 Å². The second-order valence-corrected chi connectivity index (χ2v) is 21.8. The number of rotatable bonds is 59. The molecule has 406 valence electrons. The largest absolute Gasteiger partial charge is 0.466 e. The zero-order valence-corrected chi connectivity index (χ0v) is 46.4. The first-order valence-corrected chi connectivity index (χ1v) is 31.3. The van der Waals surface area contributed by atoms with Crippen LogP contribution in [0.1, 0.15) is 361 Å². The van der Waals surface area contributed by atoms with E-state index in [2.05, 4.69) is 19.2 Å². The number of ether oxygens (including phenoxy) is 1. The highest BCUT2D eigenvalue weighted by Gasteiger charge is 2.20. The van der Waals surface area contributed by atoms with Crippen LogP contribution in [0.2, 0.25) is 0 Å². The quantitative estimate of drug-likeness (QED) is 0.0417. The molecule has 2 atom stereocenters. The molecule has 0 aromatic rings. The molecule has 68 heavy (non-hydrogen) atoms. The van der Waals surface area contributed by atoms with Gasteiger partial charge in [-0.2, -0.15) is 0 Å². The van der Waals surface area contributed by atoms with Crippen LogP contribution in [0.4, 0.5) is 0 Å². The molecule has 0 aliphatic heterocycles. The zero-order chi connectivity index (χ0) is 49.3. The molecule has 0 fully saturated rings. The Morgan fingerprint density at radius 1 is 0.353 bits per heavy atom. The number of nitrogens with one attached hydrogen (secondary N) is 1. The molecule has 6 nitrogen and oxygen atoms in total. The van der Waals surface area contributed by atoms with E-state index in [1.165, 1.54) is 289 Å². The van der Waals surface area contributed by atoms with Crippen LogP contribution in [0.3, 0.4) is 0 Å². The van der Waals surface area contributed by atoms with Crippen molar-refractivity contribution in [3.8, 4) is 0 Å². The summed E-state index contributed by atoms with van der Waals surface area (Å²) in [6.45, 7) is 4.98. The number of esters is 1. The van der Waals surface area contributed by atoms with E-state index in [4.69, 9.17) is 4.74 Å². The number of amides is 1. The molecule has 0 saturated heterocycles. The van der Waals surface area contributed by atoms with Crippen LogP contribution in [0.25, 0.3) is 0 Å². The van der Waals surface area contributed by atoms with Gasteiger partial charge in [0.25, 0.3) is 0 Å². The first kappa shape index (κ1) is 66.9. The summed E-state index contributed by atoms with van der Waals surface area (Å²) in [5.74, 6) is -0.0114. The molecule has 0 rings (SSSR count). The van der Waals surface area contributed by atoms with Gasteiger partial charge in [-0.1, -0.05) is 322 Å². The normalized spacial score (nSPS) is 12.5. The van der Waals surface area contributed by atoms with Crippen molar-refractivity contribution in [2.45, 2.75) is 373 Å². The Morgan fingerprint density at radius 2 is 0.603 bits per heavy atom. The number of carbonyl (C=O) groups excluding carboxylic acids is 2. The summed E-state index contributed by atoms with van der Waals surface area (Å²) in [4.78, 5) is 24.5. The molecule has 3 N–H and O–H groups in total. The van der Waals surface area contributed by atoms with Gasteiger partial charge in [0, 0.05) is 12.8 Å². The minimum atomic E-state index is -0.660. The summed E-state index contributed by atoms with van der Waals surface area (Å²) < 4.78 is 5.48. The fourth-order valence-corrected chi connectivity index (χ4v) is 10.1. The molecule has 0 heterocycles. The summed E-state index contributed by atoms with van der Waals surface area (Å²) in [6.07, 6.45) is 68.4. The molecule has 0 bridgehead atoms. The predicted octanol–water partition coefficient (Wildman–Crippen LogP) is 19.5. The zero-order valence-electron chi connectivity index (χ0n) is 46.4. The first-order valence-electron chi connectivity index (χ1n) is 31.3. The van der Waals surface area contributed by atoms with E-state index in [1.807, 2.05) is 0 Å². The van der Waals surface area contributed by atoms with Gasteiger partial charge in [0.15, 0.2) is 0 Å². The second kappa shape index (κ2) is 58.4. The standard InChI is InChI=1S/C62H123NO5/c1-3-5-7-9-11-13-15-31-36-40-44-48-52-56-62(67)68-57-53-49-45-41-37-33-30-28-26-24-22-20-18-17-19-21-23-25-27-29-32-35-39-43-47-51-55-61(66)63-59(58-64)60(65)54-50-46-42-38-34-16-14-12-10-8-6-4-2/h59-60,64-65H,3-58H2,1-2H3,(H,63,66). The monoisotopic (exact) mass is 962 g/mol. The number of aliphatic hydroxyl groups is 2. The van der Waals surface area contributed by atoms with Crippen molar-refractivity contribution in [3.63, 3.8) is 0 Å². The van der Waals surface area contributed by atoms with E-state index in [0.717, 1.165) is 38.5 Å². The van der Waals surface area contributed by atoms with Gasteiger partial charge in [-0.05, 0) is 25.7 Å². The van der Waals surface area contributed by atoms with E-state index >= 15 is 0 Å². The van der Waals surface area contributed by atoms with Crippen LogP contribution in [0.5, 0.6) is 0 Å². The molecule has 0 aliphatic carbocycles. The molecular weight excluding hydrogens is 839 g/mol. The predicted molar refractivity (Wildman–Crippen MR) is 297 cm³/mol. The van der Waals surface area contributed by atoms with Crippen molar-refractivity contribution < 1.29 is 24.5 Å². The van der Waals surface area contributed by atoms with Crippen molar-refractivity contribution >= 4 is 11.9 Å². The topological polar surface area (TPSA) is 95.9 Å². The van der Waals surface area contributed by atoms with Gasteiger partial charge in [-0.3, -0.25) is 9.59 Å². The molecule has 2 unspecified atom stereocenters. The number of unbranched alkanes of at least 4 members (excludes halogenated alkanes) is 48. The molecule has 1 amide bonds. The SMILES string of the molecule is CCCCCCCCCCCCCCCC(=O)OCCCCCCCCCCCCCCCCCCCCCCCCCCCCC(=O)NC(CO)C(O)CCCCCCCCCCCCCC. The van der Waals surface area contributed by atoms with Gasteiger partial charge < -0.3 is 20.3 Å². The highest BCUT2D eigenvalue weighted by molar-refractivity contribution is 5.76. The molecular formula is C62H123NO5. The van der Waals surface area contributed by atoms with E-state index in [1.54, 1.807) is 0 Å². The Hall–Kier alpha value is -1.14. The lowest BCUT2D eigenvalue weighted by molar-refractivity contribution is -0.143. The highest BCUT2D eigenvalue weighted by Crippen LogP contribution is 2.19. The average Bonchev–Trinajstić information content (AvgIpc) is 3.34. The van der Waals surface area contributed by atoms with E-state index < -0.39 is 12.1 Å². The summed E-state index contributed by atoms with van der Waals surface area (Å²) in [6, 6.07) is -0.537. The van der Waals surface area contributed by atoms with E-state index in [0.29, 0.717) is 25.9 Å². The highest BCUT2D eigenvalue weighted by atomic mass is 16.5. The maximum Gasteiger partial charge on any atom is 0.305 e. The molecule has 0 spiro atoms. The molecule has 0 saturated carbocycles. The van der Waals surface area contributed by atoms with Crippen molar-refractivity contribution in [3.05, 3.63) is 0 Å². The van der Waals surface area contributed by atoms with Crippen molar-refractivity contribution in [1.29, 1.82) is 0 Å². The third kappa shape index (κ3) is 54.2. The van der Waals surface area contributed by atoms with Crippen LogP contribution in [-0.4, -0.2) is 47.4 Å². The summed E-state index contributed by atoms with van der Waals surface area (Å²) in [5, 5.41) is 23.2. The lowest BCUT2D eigenvalue weighted by Gasteiger charge is -2.22. The Labute approximate surface area is 426 Å². The van der Waals surface area contributed by atoms with Gasteiger partial charge in [0.1, 0.15) is 0 Å². The molecule has 0 radical (unpaired) electrons. The summed E-state index contributed by atoms with van der Waals surface area (Å²) in [5.41, 5.74) is 0. The van der Waals surface area contributed by atoms with Gasteiger partial charge >= 0.3 is 5.97 Å². The van der Waals surface area contributed by atoms with Crippen molar-refractivity contribution in [2.75, 3.05) is 13.2 Å². The van der Waals surface area contributed by atoms with Gasteiger partial charge in [-0.25, -0.2) is 0 Å². The van der Waals surface area contributed by atoms with Crippen molar-refractivity contribution in [1.82, 2.24) is 5.32 Å². The van der Waals surface area contributed by atoms with E-state index in [9.17, 15) is 19.8 Å². The lowest BCUT2D eigenvalue weighted by Crippen LogP contribution is -2.45. The van der Waals surface area contributed by atoms with Gasteiger partial charge in [-0.15, -0.1) is 0 Å². The number of carbonyl (C=O) groups is 2. The number of aliphatic hydroxyl groups excluding tert-OH is 2. The third-order valence-corrected chi connectivity index (χ3v) is 14.9. The Morgan fingerprint density at radius 3 is 0.897 bits per heavy atom. The second-order valence-electron chi connectivity index (χ2n) is 21.8. The van der Waals surface area contributed by atoms with Crippen molar-refractivity contribution in [2.24, 2.45) is 0 Å². The fourth-order valence-electron chi connectivity index (χ4n) is 10.1. The Bertz CT molecular complexity index is 975. The Kier molecular flexibility index (Phi) is 57.5. The lowest BCUT2D eigenvalue weighted by atomic mass is 10.0. The number of hydrogen-bond acceptors (Lipinski definition) is 5. The molecule has 0 aromatic carbocycles. The summed E-state index contributed by atoms with van der Waals surface area (Å²) >= 11 is 0. The Balaban J connectivity index is 3.32. The van der Waals surface area contributed by atoms with Gasteiger partial charge in [0.05, 0.1) is 25.4 Å². The van der Waals surface area contributed by atoms with Crippen LogP contribution in [0, 0.1) is 0 Å². The minimum absolute atomic E-state index is 0.0196. The van der Waals surface area contributed by atoms with Gasteiger partial charge in [0.2, 0.25) is 5.91 Å². The first-order chi connectivity index (χ1) is 33.5. The minimum Gasteiger partial charge on any atom is -0.466 e. The molecule has 0 aliphatic rings. The third-order valence-electron chi connectivity index (χ3n) is 14.9. The van der Waals surface area contributed by atoms with E-state index in [-0.39, 0.29) is 18.5 Å². The fraction of sp³-hybridized carbons (Fsp3) is 0.968. The van der Waals surface area contributed by atoms with Crippen LogP contribution >= 0.6 is 0 Å². The maximum absolute atomic E-state index is 12.5. The average molecular weight is 963 g/mol. The number of hydrogen-bond donors (Lipinski definition) is 3. The van der Waals surface area contributed by atoms with Crippen LogP contribution in [-0.2, 0) is 14.3 Å². The van der Waals surface area contributed by atoms with Crippen LogP contribution in [0.15, 0.2) is 0 Å². The maximum atomic E-state index is 12.5. The summed E-state index contributed by atoms with van der Waals surface area (Å²) in [7, 11) is 0.